The lowest BCUT2D eigenvalue weighted by Gasteiger charge is -2.15. The van der Waals surface area contributed by atoms with Crippen LogP contribution in [0.5, 0.6) is 17.2 Å². The Morgan fingerprint density at radius 2 is 1.76 bits per heavy atom. The molecule has 0 amide bonds. The van der Waals surface area contributed by atoms with Crippen molar-refractivity contribution in [2.75, 3.05) is 13.7 Å². The smallest absolute Gasteiger partial charge is 0.339 e. The van der Waals surface area contributed by atoms with Gasteiger partial charge in [-0.25, -0.2) is 0 Å². The zero-order valence-corrected chi connectivity index (χ0v) is 20.7. The molecule has 0 aliphatic carbocycles. The number of hydrogen-bond donors (Lipinski definition) is 0. The van der Waals surface area contributed by atoms with Crippen molar-refractivity contribution >= 4 is 37.7 Å². The highest BCUT2D eigenvalue weighted by Crippen LogP contribution is 2.39. The van der Waals surface area contributed by atoms with Gasteiger partial charge in [-0.3, -0.25) is 0 Å². The van der Waals surface area contributed by atoms with Gasteiger partial charge in [0.1, 0.15) is 10.6 Å². The Morgan fingerprint density at radius 3 is 2.33 bits per heavy atom. The number of nitriles is 1. The van der Waals surface area contributed by atoms with E-state index in [9.17, 15) is 13.7 Å². The van der Waals surface area contributed by atoms with Gasteiger partial charge in [-0.1, -0.05) is 17.7 Å². The molecule has 0 heterocycles. The first-order valence-corrected chi connectivity index (χ1v) is 12.2. The van der Waals surface area contributed by atoms with Crippen LogP contribution in [-0.2, 0) is 10.1 Å². The Labute approximate surface area is 202 Å². The summed E-state index contributed by atoms with van der Waals surface area (Å²) >= 11 is 3.39. The molecule has 0 saturated heterocycles. The molecule has 0 atom stereocenters. The van der Waals surface area contributed by atoms with Gasteiger partial charge < -0.3 is 13.7 Å². The van der Waals surface area contributed by atoms with E-state index in [4.69, 9.17) is 13.7 Å². The van der Waals surface area contributed by atoms with Crippen LogP contribution >= 0.6 is 15.9 Å². The van der Waals surface area contributed by atoms with Gasteiger partial charge in [0, 0.05) is 0 Å². The van der Waals surface area contributed by atoms with E-state index in [1.807, 2.05) is 6.92 Å². The number of allylic oxidation sites excluding steroid dienone is 1. The quantitative estimate of drug-likeness (QED) is 0.203. The van der Waals surface area contributed by atoms with E-state index in [2.05, 4.69) is 22.0 Å². The summed E-state index contributed by atoms with van der Waals surface area (Å²) in [6.07, 6.45) is 1.69. The van der Waals surface area contributed by atoms with Gasteiger partial charge in [0.25, 0.3) is 0 Å². The van der Waals surface area contributed by atoms with Crippen molar-refractivity contribution < 1.29 is 22.1 Å². The number of hydrogen-bond acceptors (Lipinski definition) is 6. The lowest BCUT2D eigenvalue weighted by Crippen LogP contribution is -2.11. The molecule has 0 fully saturated rings. The highest BCUT2D eigenvalue weighted by atomic mass is 79.9. The summed E-state index contributed by atoms with van der Waals surface area (Å²) < 4.78 is 42.2. The molecule has 0 unspecified atom stereocenters. The highest BCUT2D eigenvalue weighted by Gasteiger charge is 2.22. The normalized spacial score (nSPS) is 11.5. The molecule has 8 heteroatoms. The molecule has 3 aromatic carbocycles. The standard InChI is InChI=1S/C25H22BrNO5S/c1-4-31-24-15-18(13-20(16-27)19-7-9-21(30-3)10-8-19)14-23(26)25(24)32-33(28,29)22-11-5-17(2)6-12-22/h5-15H,4H2,1-3H3/b20-13+. The molecule has 0 radical (unpaired) electrons. The van der Waals surface area contributed by atoms with Gasteiger partial charge in [0.15, 0.2) is 11.5 Å². The monoisotopic (exact) mass is 527 g/mol. The fourth-order valence-corrected chi connectivity index (χ4v) is 4.60. The molecule has 3 aromatic rings. The van der Waals surface area contributed by atoms with Crippen LogP contribution in [0, 0.1) is 18.3 Å². The summed E-state index contributed by atoms with van der Waals surface area (Å²) in [4.78, 5) is 0.0395. The predicted molar refractivity (Wildman–Crippen MR) is 131 cm³/mol. The first-order chi connectivity index (χ1) is 15.8. The molecule has 0 aromatic heterocycles. The van der Waals surface area contributed by atoms with Gasteiger partial charge in [-0.05, 0) is 95.5 Å². The van der Waals surface area contributed by atoms with Crippen molar-refractivity contribution in [3.63, 3.8) is 0 Å². The number of aryl methyl sites for hydroxylation is 1. The van der Waals surface area contributed by atoms with Gasteiger partial charge in [-0.15, -0.1) is 0 Å². The van der Waals surface area contributed by atoms with Crippen LogP contribution in [0.1, 0.15) is 23.6 Å². The molecule has 0 bridgehead atoms. The van der Waals surface area contributed by atoms with E-state index >= 15 is 0 Å². The average molecular weight is 528 g/mol. The van der Waals surface area contributed by atoms with Crippen molar-refractivity contribution in [2.45, 2.75) is 18.7 Å². The first-order valence-electron chi connectivity index (χ1n) is 10.0. The molecule has 170 valence electrons. The summed E-state index contributed by atoms with van der Waals surface area (Å²) in [5.74, 6) is 0.965. The Hall–Kier alpha value is -3.28. The van der Waals surface area contributed by atoms with Crippen molar-refractivity contribution in [2.24, 2.45) is 0 Å². The van der Waals surface area contributed by atoms with Crippen LogP contribution in [0.25, 0.3) is 11.6 Å². The number of ether oxygens (including phenoxy) is 2. The average Bonchev–Trinajstić information content (AvgIpc) is 2.80. The maximum absolute atomic E-state index is 12.8. The van der Waals surface area contributed by atoms with Crippen molar-refractivity contribution in [3.05, 3.63) is 81.8 Å². The maximum atomic E-state index is 12.8. The van der Waals surface area contributed by atoms with E-state index < -0.39 is 10.1 Å². The van der Waals surface area contributed by atoms with Crippen LogP contribution in [0.15, 0.2) is 70.0 Å². The highest BCUT2D eigenvalue weighted by molar-refractivity contribution is 9.10. The lowest BCUT2D eigenvalue weighted by atomic mass is 10.0. The molecule has 0 spiro atoms. The summed E-state index contributed by atoms with van der Waals surface area (Å²) in [5, 5.41) is 9.67. The van der Waals surface area contributed by atoms with Crippen LogP contribution in [0.3, 0.4) is 0 Å². The molecular formula is C25H22BrNO5S. The van der Waals surface area contributed by atoms with Gasteiger partial charge in [0.2, 0.25) is 0 Å². The van der Waals surface area contributed by atoms with E-state index in [0.717, 1.165) is 11.1 Å². The second kappa shape index (κ2) is 10.6. The number of nitrogens with zero attached hydrogens (tertiary/aromatic N) is 1. The Balaban J connectivity index is 2.00. The van der Waals surface area contributed by atoms with Gasteiger partial charge in [0.05, 0.1) is 29.8 Å². The Bertz CT molecular complexity index is 1310. The number of halogens is 1. The Morgan fingerprint density at radius 1 is 1.09 bits per heavy atom. The summed E-state index contributed by atoms with van der Waals surface area (Å²) in [7, 11) is -2.50. The molecule has 33 heavy (non-hydrogen) atoms. The minimum absolute atomic E-state index is 0.0394. The minimum Gasteiger partial charge on any atom is -0.497 e. The zero-order valence-electron chi connectivity index (χ0n) is 18.3. The third-order valence-electron chi connectivity index (χ3n) is 4.67. The molecule has 0 saturated carbocycles. The van der Waals surface area contributed by atoms with Crippen molar-refractivity contribution in [1.82, 2.24) is 0 Å². The molecule has 6 nitrogen and oxygen atoms in total. The SMILES string of the molecule is CCOc1cc(/C=C(\C#N)c2ccc(OC)cc2)cc(Br)c1OS(=O)(=O)c1ccc(C)cc1. The minimum atomic E-state index is -4.07. The molecular weight excluding hydrogens is 506 g/mol. The number of benzene rings is 3. The Kier molecular flexibility index (Phi) is 7.79. The van der Waals surface area contributed by atoms with Crippen molar-refractivity contribution in [1.29, 1.82) is 5.26 Å². The van der Waals surface area contributed by atoms with E-state index in [-0.39, 0.29) is 16.4 Å². The van der Waals surface area contributed by atoms with E-state index in [1.165, 1.54) is 12.1 Å². The largest absolute Gasteiger partial charge is 0.497 e. The molecule has 0 aliphatic rings. The van der Waals surface area contributed by atoms with Crippen LogP contribution in [0.2, 0.25) is 0 Å². The zero-order chi connectivity index (χ0) is 24.0. The second-order valence-electron chi connectivity index (χ2n) is 7.01. The van der Waals surface area contributed by atoms with Crippen molar-refractivity contribution in [3.8, 4) is 23.3 Å². The third kappa shape index (κ3) is 5.95. The molecule has 0 N–H and O–H groups in total. The fourth-order valence-electron chi connectivity index (χ4n) is 3.00. The van der Waals surface area contributed by atoms with Gasteiger partial charge in [-0.2, -0.15) is 13.7 Å². The number of methoxy groups -OCH3 is 1. The van der Waals surface area contributed by atoms with E-state index in [1.54, 1.807) is 68.6 Å². The summed E-state index contributed by atoms with van der Waals surface area (Å²) in [6.45, 7) is 3.95. The maximum Gasteiger partial charge on any atom is 0.339 e. The van der Waals surface area contributed by atoms with Crippen LogP contribution < -0.4 is 13.7 Å². The first kappa shape index (κ1) is 24.4. The topological polar surface area (TPSA) is 85.6 Å². The van der Waals surface area contributed by atoms with Crippen LogP contribution in [0.4, 0.5) is 0 Å². The second-order valence-corrected chi connectivity index (χ2v) is 9.41. The fraction of sp³-hybridized carbons (Fsp3) is 0.160. The lowest BCUT2D eigenvalue weighted by molar-refractivity contribution is 0.327. The van der Waals surface area contributed by atoms with E-state index in [0.29, 0.717) is 28.0 Å². The van der Waals surface area contributed by atoms with Gasteiger partial charge >= 0.3 is 10.1 Å². The van der Waals surface area contributed by atoms with Crippen LogP contribution in [-0.4, -0.2) is 22.1 Å². The summed E-state index contributed by atoms with van der Waals surface area (Å²) in [6, 6.07) is 19.0. The predicted octanol–water partition coefficient (Wildman–Crippen LogP) is 6.00. The molecule has 0 aliphatic heterocycles. The molecule has 3 rings (SSSR count). The third-order valence-corrected chi connectivity index (χ3v) is 6.49. The summed E-state index contributed by atoms with van der Waals surface area (Å²) in [5.41, 5.74) is 2.71. The number of rotatable bonds is 8.